The Morgan fingerprint density at radius 1 is 0.674 bits per heavy atom. The molecule has 2 aromatic rings. The number of nitrogens with zero attached hydrogens (tertiary/aromatic N) is 2. The highest BCUT2D eigenvalue weighted by atomic mass is 16.6. The van der Waals surface area contributed by atoms with Crippen molar-refractivity contribution >= 4 is 35.6 Å². The van der Waals surface area contributed by atoms with Gasteiger partial charge in [0, 0.05) is 13.1 Å². The van der Waals surface area contributed by atoms with E-state index < -0.39 is 24.0 Å². The molecule has 2 aromatic carbocycles. The van der Waals surface area contributed by atoms with Gasteiger partial charge >= 0.3 is 24.0 Å². The van der Waals surface area contributed by atoms with Gasteiger partial charge in [-0.25, -0.2) is 14.6 Å². The van der Waals surface area contributed by atoms with Gasteiger partial charge in [0.2, 0.25) is 0 Å². The number of nitrogens with two attached hydrogens (primary N) is 2. The maximum atomic E-state index is 12.7. The van der Waals surface area contributed by atoms with E-state index in [9.17, 15) is 19.2 Å². The van der Waals surface area contributed by atoms with E-state index in [2.05, 4.69) is 4.99 Å². The van der Waals surface area contributed by atoms with E-state index in [1.807, 2.05) is 0 Å². The smallest absolute Gasteiger partial charge is 0.410 e. The number of aliphatic carboxylic acids is 2. The SMILES string of the molecule is NC(N)=Nc1ccc(C(=O)Oc2ccc(COC(=O)N(CCOCCOCCOCCOCCC(=O)O)CCC(=O)O)cc2)cc1. The fourth-order valence-corrected chi connectivity index (χ4v) is 3.50. The molecule has 0 bridgehead atoms. The van der Waals surface area contributed by atoms with Gasteiger partial charge in [0.05, 0.1) is 76.9 Å². The Labute approximate surface area is 265 Å². The van der Waals surface area contributed by atoms with Crippen LogP contribution in [0.5, 0.6) is 5.75 Å². The van der Waals surface area contributed by atoms with E-state index in [1.165, 1.54) is 17.0 Å². The zero-order chi connectivity index (χ0) is 33.6. The van der Waals surface area contributed by atoms with Crippen LogP contribution in [-0.4, -0.2) is 111 Å². The lowest BCUT2D eigenvalue weighted by Crippen LogP contribution is -2.36. The first-order valence-electron chi connectivity index (χ1n) is 14.3. The van der Waals surface area contributed by atoms with Gasteiger partial charge < -0.3 is 55.0 Å². The Balaban J connectivity index is 1.67. The summed E-state index contributed by atoms with van der Waals surface area (Å²) in [5.41, 5.74) is 12.1. The van der Waals surface area contributed by atoms with Gasteiger partial charge in [0.1, 0.15) is 12.4 Å². The molecule has 0 unspecified atom stereocenters. The normalized spacial score (nSPS) is 10.6. The molecular formula is C30H40N4O12. The summed E-state index contributed by atoms with van der Waals surface area (Å²) >= 11 is 0. The highest BCUT2D eigenvalue weighted by molar-refractivity contribution is 5.91. The number of carboxylic acids is 2. The lowest BCUT2D eigenvalue weighted by molar-refractivity contribution is -0.139. The van der Waals surface area contributed by atoms with Crippen molar-refractivity contribution < 1.29 is 57.8 Å². The van der Waals surface area contributed by atoms with Crippen LogP contribution < -0.4 is 16.2 Å². The zero-order valence-electron chi connectivity index (χ0n) is 25.3. The highest BCUT2D eigenvalue weighted by Crippen LogP contribution is 2.17. The second-order valence-electron chi connectivity index (χ2n) is 9.40. The van der Waals surface area contributed by atoms with Crippen LogP contribution in [0.15, 0.2) is 53.5 Å². The molecule has 0 saturated carbocycles. The highest BCUT2D eigenvalue weighted by Gasteiger charge is 2.17. The summed E-state index contributed by atoms with van der Waals surface area (Å²) in [5, 5.41) is 17.6. The third kappa shape index (κ3) is 16.9. The number of amides is 1. The number of esters is 1. The molecule has 16 nitrogen and oxygen atoms in total. The van der Waals surface area contributed by atoms with Crippen LogP contribution >= 0.6 is 0 Å². The third-order valence-corrected chi connectivity index (χ3v) is 5.79. The van der Waals surface area contributed by atoms with Crippen molar-refractivity contribution in [2.45, 2.75) is 19.4 Å². The van der Waals surface area contributed by atoms with Crippen molar-refractivity contribution in [3.05, 3.63) is 59.7 Å². The van der Waals surface area contributed by atoms with Gasteiger partial charge in [-0.15, -0.1) is 0 Å². The maximum Gasteiger partial charge on any atom is 0.410 e. The molecule has 0 aliphatic heterocycles. The number of rotatable bonds is 23. The topological polar surface area (TPSA) is 232 Å². The second-order valence-corrected chi connectivity index (χ2v) is 9.40. The van der Waals surface area contributed by atoms with Crippen LogP contribution in [0.2, 0.25) is 0 Å². The molecule has 0 fully saturated rings. The molecule has 0 aliphatic carbocycles. The van der Waals surface area contributed by atoms with Gasteiger partial charge in [-0.1, -0.05) is 12.1 Å². The molecule has 46 heavy (non-hydrogen) atoms. The molecule has 0 aliphatic rings. The molecule has 0 saturated heterocycles. The van der Waals surface area contributed by atoms with Crippen LogP contribution in [0, 0.1) is 0 Å². The molecule has 252 valence electrons. The second kappa shape index (κ2) is 21.9. The van der Waals surface area contributed by atoms with Crippen LogP contribution in [0.25, 0.3) is 0 Å². The van der Waals surface area contributed by atoms with Crippen molar-refractivity contribution in [1.29, 1.82) is 0 Å². The number of carbonyl (C=O) groups excluding carboxylic acids is 2. The van der Waals surface area contributed by atoms with Crippen LogP contribution in [0.4, 0.5) is 10.5 Å². The molecule has 16 heteroatoms. The van der Waals surface area contributed by atoms with E-state index in [1.54, 1.807) is 36.4 Å². The first-order chi connectivity index (χ1) is 22.1. The number of hydrogen-bond acceptors (Lipinski definition) is 11. The first kappa shape index (κ1) is 37.4. The van der Waals surface area contributed by atoms with Crippen molar-refractivity contribution in [3.8, 4) is 5.75 Å². The average Bonchev–Trinajstić information content (AvgIpc) is 3.01. The van der Waals surface area contributed by atoms with Gasteiger partial charge in [0.15, 0.2) is 5.96 Å². The Hall–Kier alpha value is -4.77. The van der Waals surface area contributed by atoms with Crippen LogP contribution in [0.1, 0.15) is 28.8 Å². The van der Waals surface area contributed by atoms with Gasteiger partial charge in [-0.05, 0) is 42.0 Å². The Kier molecular flexibility index (Phi) is 17.8. The minimum absolute atomic E-state index is 0.0551. The summed E-state index contributed by atoms with van der Waals surface area (Å²) in [7, 11) is 0. The quantitative estimate of drug-likeness (QED) is 0.0442. The number of benzene rings is 2. The summed E-state index contributed by atoms with van der Waals surface area (Å²) in [6.45, 7) is 2.05. The average molecular weight is 649 g/mol. The van der Waals surface area contributed by atoms with Gasteiger partial charge in [0.25, 0.3) is 0 Å². The number of ether oxygens (including phenoxy) is 6. The summed E-state index contributed by atoms with van der Waals surface area (Å²) < 4.78 is 32.0. The summed E-state index contributed by atoms with van der Waals surface area (Å²) in [6, 6.07) is 12.6. The maximum absolute atomic E-state index is 12.7. The molecule has 6 N–H and O–H groups in total. The molecular weight excluding hydrogens is 608 g/mol. The van der Waals surface area contributed by atoms with Crippen molar-refractivity contribution in [2.75, 3.05) is 65.9 Å². The fraction of sp³-hybridized carbons (Fsp3) is 0.433. The van der Waals surface area contributed by atoms with Crippen molar-refractivity contribution in [1.82, 2.24) is 4.90 Å². The molecule has 1 amide bonds. The molecule has 0 radical (unpaired) electrons. The van der Waals surface area contributed by atoms with Crippen LogP contribution in [0.3, 0.4) is 0 Å². The number of carbonyl (C=O) groups is 4. The van der Waals surface area contributed by atoms with Crippen molar-refractivity contribution in [3.63, 3.8) is 0 Å². The Morgan fingerprint density at radius 3 is 1.76 bits per heavy atom. The third-order valence-electron chi connectivity index (χ3n) is 5.79. The summed E-state index contributed by atoms with van der Waals surface area (Å²) in [4.78, 5) is 51.6. The zero-order valence-corrected chi connectivity index (χ0v) is 25.3. The minimum atomic E-state index is -1.06. The van der Waals surface area contributed by atoms with E-state index in [4.69, 9.17) is 50.1 Å². The largest absolute Gasteiger partial charge is 0.481 e. The summed E-state index contributed by atoms with van der Waals surface area (Å²) in [6.07, 6.45) is -1.02. The molecule has 0 atom stereocenters. The van der Waals surface area contributed by atoms with Crippen molar-refractivity contribution in [2.24, 2.45) is 16.5 Å². The molecule has 0 spiro atoms. The Morgan fingerprint density at radius 2 is 1.22 bits per heavy atom. The van der Waals surface area contributed by atoms with E-state index in [0.29, 0.717) is 43.2 Å². The van der Waals surface area contributed by atoms with Gasteiger partial charge in [-0.3, -0.25) is 9.59 Å². The first-order valence-corrected chi connectivity index (χ1v) is 14.3. The summed E-state index contributed by atoms with van der Waals surface area (Å²) in [5.74, 6) is -2.38. The predicted molar refractivity (Wildman–Crippen MR) is 163 cm³/mol. The lowest BCUT2D eigenvalue weighted by Gasteiger charge is -2.21. The minimum Gasteiger partial charge on any atom is -0.481 e. The van der Waals surface area contributed by atoms with Gasteiger partial charge in [-0.2, -0.15) is 0 Å². The van der Waals surface area contributed by atoms with E-state index in [0.717, 1.165) is 0 Å². The predicted octanol–water partition coefficient (Wildman–Crippen LogP) is 1.77. The number of aliphatic imine (C=N–C) groups is 1. The number of hydrogen-bond donors (Lipinski definition) is 4. The number of guanidine groups is 1. The molecule has 0 aromatic heterocycles. The van der Waals surface area contributed by atoms with E-state index >= 15 is 0 Å². The van der Waals surface area contributed by atoms with Crippen LogP contribution in [-0.2, 0) is 39.9 Å². The monoisotopic (exact) mass is 648 g/mol. The lowest BCUT2D eigenvalue weighted by atomic mass is 10.2. The number of carboxylic acid groups (broad SMARTS) is 2. The molecule has 2 rings (SSSR count). The van der Waals surface area contributed by atoms with E-state index in [-0.39, 0.29) is 70.7 Å². The standard InChI is InChI=1S/C30H40N4O12/c31-29(32)33-24-5-3-23(4-6-24)28(39)46-25-7-1-22(2-8-25)21-45-30(40)34(11-9-26(35)36)12-14-42-16-18-44-20-19-43-17-15-41-13-10-27(37)38/h1-8H,9-21H2,(H,35,36)(H,37,38)(H4,31,32,33). The fourth-order valence-electron chi connectivity index (χ4n) is 3.50. The Bertz CT molecular complexity index is 1250. The molecule has 0 heterocycles.